The van der Waals surface area contributed by atoms with Crippen LogP contribution in [0.4, 0.5) is 0 Å². The molecular weight excluding hydrogens is 404 g/mol. The topological polar surface area (TPSA) is 85.9 Å². The SMILES string of the molecule is COc1cc(OC)c(S(=O)(=O)NCC2NCCc3ccccc32)c(OC)c1.Cl. The zero-order valence-corrected chi connectivity index (χ0v) is 17.7. The van der Waals surface area contributed by atoms with Gasteiger partial charge in [-0.15, -0.1) is 12.4 Å². The van der Waals surface area contributed by atoms with E-state index in [1.807, 2.05) is 18.2 Å². The van der Waals surface area contributed by atoms with Gasteiger partial charge in [-0.25, -0.2) is 13.1 Å². The molecular formula is C19H25ClN2O5S. The first-order valence-electron chi connectivity index (χ1n) is 8.61. The summed E-state index contributed by atoms with van der Waals surface area (Å²) < 4.78 is 44.4. The minimum atomic E-state index is -3.87. The van der Waals surface area contributed by atoms with Crippen LogP contribution in [0.3, 0.4) is 0 Å². The van der Waals surface area contributed by atoms with Crippen LogP contribution in [0.5, 0.6) is 17.2 Å². The molecule has 28 heavy (non-hydrogen) atoms. The van der Waals surface area contributed by atoms with Crippen molar-refractivity contribution < 1.29 is 22.6 Å². The normalized spacial score (nSPS) is 15.9. The van der Waals surface area contributed by atoms with Gasteiger partial charge in [0.05, 0.1) is 21.3 Å². The van der Waals surface area contributed by atoms with Crippen LogP contribution in [-0.4, -0.2) is 42.8 Å². The van der Waals surface area contributed by atoms with Crippen molar-refractivity contribution in [1.82, 2.24) is 10.0 Å². The predicted molar refractivity (Wildman–Crippen MR) is 109 cm³/mol. The lowest BCUT2D eigenvalue weighted by Crippen LogP contribution is -2.39. The van der Waals surface area contributed by atoms with E-state index in [2.05, 4.69) is 16.1 Å². The van der Waals surface area contributed by atoms with E-state index in [4.69, 9.17) is 14.2 Å². The van der Waals surface area contributed by atoms with Crippen molar-refractivity contribution in [2.45, 2.75) is 17.4 Å². The van der Waals surface area contributed by atoms with E-state index in [9.17, 15) is 8.42 Å². The summed E-state index contributed by atoms with van der Waals surface area (Å²) in [6.07, 6.45) is 0.930. The standard InChI is InChI=1S/C19H24N2O5S.ClH/c1-24-14-10-17(25-2)19(18(11-14)26-3)27(22,23)21-12-16-15-7-5-4-6-13(15)8-9-20-16;/h4-7,10-11,16,20-21H,8-9,12H2,1-3H3;1H. The van der Waals surface area contributed by atoms with Crippen molar-refractivity contribution in [3.8, 4) is 17.2 Å². The Morgan fingerprint density at radius 1 is 1.07 bits per heavy atom. The molecule has 0 spiro atoms. The van der Waals surface area contributed by atoms with E-state index < -0.39 is 10.0 Å². The lowest BCUT2D eigenvalue weighted by molar-refractivity contribution is 0.358. The lowest BCUT2D eigenvalue weighted by Gasteiger charge is -2.27. The number of benzene rings is 2. The molecule has 9 heteroatoms. The maximum absolute atomic E-state index is 13.0. The van der Waals surface area contributed by atoms with E-state index in [0.717, 1.165) is 18.5 Å². The van der Waals surface area contributed by atoms with E-state index in [1.165, 1.54) is 39.0 Å². The summed E-state index contributed by atoms with van der Waals surface area (Å²) >= 11 is 0. The van der Waals surface area contributed by atoms with Crippen LogP contribution < -0.4 is 24.2 Å². The molecule has 2 N–H and O–H groups in total. The molecule has 1 atom stereocenters. The fraction of sp³-hybridized carbons (Fsp3) is 0.368. The molecule has 0 bridgehead atoms. The van der Waals surface area contributed by atoms with Gasteiger partial charge in [-0.1, -0.05) is 24.3 Å². The average molecular weight is 429 g/mol. The Balaban J connectivity index is 0.00000280. The smallest absolute Gasteiger partial charge is 0.248 e. The molecule has 0 radical (unpaired) electrons. The molecule has 1 aliphatic rings. The fourth-order valence-corrected chi connectivity index (χ4v) is 4.62. The largest absolute Gasteiger partial charge is 0.496 e. The molecule has 0 saturated heterocycles. The summed E-state index contributed by atoms with van der Waals surface area (Å²) in [6, 6.07) is 11.0. The van der Waals surface area contributed by atoms with E-state index in [-0.39, 0.29) is 41.4 Å². The maximum atomic E-state index is 13.0. The average Bonchev–Trinajstić information content (AvgIpc) is 2.71. The van der Waals surface area contributed by atoms with E-state index in [1.54, 1.807) is 0 Å². The summed E-state index contributed by atoms with van der Waals surface area (Å²) in [5.74, 6) is 0.775. The molecule has 2 aromatic carbocycles. The molecule has 0 amide bonds. The highest BCUT2D eigenvalue weighted by atomic mass is 35.5. The highest BCUT2D eigenvalue weighted by Crippen LogP contribution is 2.37. The van der Waals surface area contributed by atoms with Crippen LogP contribution in [-0.2, 0) is 16.4 Å². The summed E-state index contributed by atoms with van der Waals surface area (Å²) in [7, 11) is 0.442. The molecule has 7 nitrogen and oxygen atoms in total. The molecule has 1 aliphatic heterocycles. The summed E-state index contributed by atoms with van der Waals surface area (Å²) in [5, 5.41) is 3.37. The zero-order chi connectivity index (χ0) is 19.4. The molecule has 0 aliphatic carbocycles. The fourth-order valence-electron chi connectivity index (χ4n) is 3.28. The molecule has 0 fully saturated rings. The Kier molecular flexibility index (Phi) is 7.54. The number of halogens is 1. The Bertz CT molecular complexity index is 895. The van der Waals surface area contributed by atoms with Gasteiger partial charge < -0.3 is 19.5 Å². The molecule has 1 heterocycles. The zero-order valence-electron chi connectivity index (χ0n) is 16.0. The van der Waals surface area contributed by atoms with Crippen LogP contribution in [0.2, 0.25) is 0 Å². The van der Waals surface area contributed by atoms with E-state index >= 15 is 0 Å². The van der Waals surface area contributed by atoms with Crippen molar-refractivity contribution in [3.05, 3.63) is 47.5 Å². The van der Waals surface area contributed by atoms with Gasteiger partial charge in [-0.2, -0.15) is 0 Å². The molecule has 3 rings (SSSR count). The second-order valence-electron chi connectivity index (χ2n) is 6.17. The third-order valence-electron chi connectivity index (χ3n) is 4.63. The second-order valence-corrected chi connectivity index (χ2v) is 7.87. The quantitative estimate of drug-likeness (QED) is 0.703. The maximum Gasteiger partial charge on any atom is 0.248 e. The minimum Gasteiger partial charge on any atom is -0.496 e. The van der Waals surface area contributed by atoms with Gasteiger partial charge in [-0.05, 0) is 24.1 Å². The Morgan fingerprint density at radius 2 is 1.71 bits per heavy atom. The van der Waals surface area contributed by atoms with Crippen molar-refractivity contribution in [3.63, 3.8) is 0 Å². The second kappa shape index (κ2) is 9.47. The molecule has 2 aromatic rings. The van der Waals surface area contributed by atoms with Gasteiger partial charge >= 0.3 is 0 Å². The van der Waals surface area contributed by atoms with Crippen molar-refractivity contribution in [2.75, 3.05) is 34.4 Å². The van der Waals surface area contributed by atoms with E-state index in [0.29, 0.717) is 5.75 Å². The van der Waals surface area contributed by atoms with Gasteiger partial charge in [0.1, 0.15) is 17.2 Å². The first kappa shape index (κ1) is 22.3. The number of nitrogens with one attached hydrogen (secondary N) is 2. The van der Waals surface area contributed by atoms with Gasteiger partial charge in [-0.3, -0.25) is 0 Å². The molecule has 0 saturated carbocycles. The monoisotopic (exact) mass is 428 g/mol. The van der Waals surface area contributed by atoms with Crippen LogP contribution in [0, 0.1) is 0 Å². The molecule has 1 unspecified atom stereocenters. The Morgan fingerprint density at radius 3 is 2.32 bits per heavy atom. The highest BCUT2D eigenvalue weighted by molar-refractivity contribution is 7.89. The van der Waals surface area contributed by atoms with Crippen molar-refractivity contribution >= 4 is 22.4 Å². The van der Waals surface area contributed by atoms with Gasteiger partial charge in [0.15, 0.2) is 4.90 Å². The predicted octanol–water partition coefficient (Wildman–Crippen LogP) is 2.30. The van der Waals surface area contributed by atoms with Crippen LogP contribution in [0.25, 0.3) is 0 Å². The van der Waals surface area contributed by atoms with Crippen molar-refractivity contribution in [1.29, 1.82) is 0 Å². The summed E-state index contributed by atoms with van der Waals surface area (Å²) in [5.41, 5.74) is 2.35. The first-order valence-corrected chi connectivity index (χ1v) is 10.1. The van der Waals surface area contributed by atoms with Crippen LogP contribution in [0.1, 0.15) is 17.2 Å². The van der Waals surface area contributed by atoms with Gasteiger partial charge in [0.2, 0.25) is 10.0 Å². The third-order valence-corrected chi connectivity index (χ3v) is 6.12. The van der Waals surface area contributed by atoms with Gasteiger partial charge in [0, 0.05) is 24.7 Å². The summed E-state index contributed by atoms with van der Waals surface area (Å²) in [4.78, 5) is -0.0441. The number of hydrogen-bond acceptors (Lipinski definition) is 6. The van der Waals surface area contributed by atoms with Crippen molar-refractivity contribution in [2.24, 2.45) is 0 Å². The molecule has 154 valence electrons. The number of rotatable bonds is 7. The number of sulfonamides is 1. The summed E-state index contributed by atoms with van der Waals surface area (Å²) in [6.45, 7) is 1.02. The molecule has 0 aromatic heterocycles. The van der Waals surface area contributed by atoms with Crippen LogP contribution in [0.15, 0.2) is 41.3 Å². The number of methoxy groups -OCH3 is 3. The first-order chi connectivity index (χ1) is 13.0. The Hall–Kier alpha value is -2.00. The lowest BCUT2D eigenvalue weighted by atomic mass is 9.95. The third kappa shape index (κ3) is 4.52. The van der Waals surface area contributed by atoms with Crippen LogP contribution >= 0.6 is 12.4 Å². The Labute approximate surface area is 171 Å². The van der Waals surface area contributed by atoms with Gasteiger partial charge in [0.25, 0.3) is 0 Å². The number of ether oxygens (including phenoxy) is 3. The highest BCUT2D eigenvalue weighted by Gasteiger charge is 2.28. The number of hydrogen-bond donors (Lipinski definition) is 2. The number of fused-ring (bicyclic) bond motifs is 1. The minimum absolute atomic E-state index is 0.